The fourth-order valence-electron chi connectivity index (χ4n) is 4.46. The maximum Gasteiger partial charge on any atom is 0.234 e. The first-order valence-corrected chi connectivity index (χ1v) is 8.46. The van der Waals surface area contributed by atoms with Crippen LogP contribution in [0.3, 0.4) is 0 Å². The third-order valence-corrected chi connectivity index (χ3v) is 6.15. The molecular weight excluding hydrogens is 270 g/mol. The van der Waals surface area contributed by atoms with Crippen molar-refractivity contribution in [1.29, 1.82) is 0 Å². The van der Waals surface area contributed by atoms with Crippen molar-refractivity contribution in [3.63, 3.8) is 0 Å². The van der Waals surface area contributed by atoms with Gasteiger partial charge in [-0.2, -0.15) is 0 Å². The molecule has 0 aliphatic carbocycles. The molecule has 1 amide bonds. The molecule has 0 saturated carbocycles. The van der Waals surface area contributed by atoms with Crippen molar-refractivity contribution < 1.29 is 4.79 Å². The van der Waals surface area contributed by atoms with E-state index in [-0.39, 0.29) is 5.91 Å². The number of carbonyl (C=O) groups is 1. The summed E-state index contributed by atoms with van der Waals surface area (Å²) in [5.41, 5.74) is 0. The minimum atomic E-state index is 0.184. The summed E-state index contributed by atoms with van der Waals surface area (Å²) in [5.74, 6) is 1.76. The van der Waals surface area contributed by atoms with Crippen LogP contribution in [0, 0.1) is 11.8 Å². The topological polar surface area (TPSA) is 44.4 Å². The molecule has 4 nitrogen and oxygen atoms in total. The molecule has 0 radical (unpaired) electrons. The van der Waals surface area contributed by atoms with Gasteiger partial charge in [0.25, 0.3) is 0 Å². The largest absolute Gasteiger partial charge is 0.350 e. The maximum absolute atomic E-state index is 12.2. The number of amides is 1. The molecule has 4 atom stereocenters. The number of rotatable bonds is 4. The van der Waals surface area contributed by atoms with Crippen LogP contribution in [0.5, 0.6) is 0 Å². The molecule has 3 aliphatic heterocycles. The smallest absolute Gasteiger partial charge is 0.234 e. The molecule has 4 rings (SSSR count). The molecule has 2 bridgehead atoms. The van der Waals surface area contributed by atoms with Gasteiger partial charge in [0.05, 0.1) is 13.1 Å². The van der Waals surface area contributed by atoms with Gasteiger partial charge in [-0.25, -0.2) is 0 Å². The lowest BCUT2D eigenvalue weighted by atomic mass is 9.82. The molecular formula is C15H21N3OS. The molecule has 20 heavy (non-hydrogen) atoms. The second kappa shape index (κ2) is 5.13. The molecule has 108 valence electrons. The van der Waals surface area contributed by atoms with Crippen molar-refractivity contribution in [3.8, 4) is 0 Å². The molecule has 1 aromatic rings. The summed E-state index contributed by atoms with van der Waals surface area (Å²) in [4.78, 5) is 15.9. The van der Waals surface area contributed by atoms with Crippen LogP contribution in [-0.4, -0.2) is 42.5 Å². The number of nitrogens with one attached hydrogen (secondary N) is 2. The Bertz CT molecular complexity index is 471. The van der Waals surface area contributed by atoms with Gasteiger partial charge in [0.1, 0.15) is 0 Å². The van der Waals surface area contributed by atoms with Crippen molar-refractivity contribution in [2.75, 3.05) is 19.6 Å². The van der Waals surface area contributed by atoms with E-state index in [4.69, 9.17) is 0 Å². The van der Waals surface area contributed by atoms with Crippen LogP contribution in [0.2, 0.25) is 0 Å². The molecule has 3 aliphatic rings. The molecule has 4 heterocycles. The van der Waals surface area contributed by atoms with Gasteiger partial charge in [0.2, 0.25) is 5.91 Å². The van der Waals surface area contributed by atoms with Crippen molar-refractivity contribution >= 4 is 17.2 Å². The zero-order chi connectivity index (χ0) is 13.5. The minimum absolute atomic E-state index is 0.184. The Kier molecular flexibility index (Phi) is 3.28. The number of hydrogen-bond donors (Lipinski definition) is 2. The molecule has 5 heteroatoms. The Morgan fingerprint density at radius 2 is 2.10 bits per heavy atom. The summed E-state index contributed by atoms with van der Waals surface area (Å²) in [6.45, 7) is 3.57. The Labute approximate surface area is 123 Å². The van der Waals surface area contributed by atoms with E-state index >= 15 is 0 Å². The summed E-state index contributed by atoms with van der Waals surface area (Å²) in [6.07, 6.45) is 2.57. The second-order valence-electron chi connectivity index (χ2n) is 6.23. The van der Waals surface area contributed by atoms with Gasteiger partial charge < -0.3 is 10.6 Å². The van der Waals surface area contributed by atoms with Crippen LogP contribution >= 0.6 is 11.3 Å². The lowest BCUT2D eigenvalue weighted by Gasteiger charge is -2.23. The predicted octanol–water partition coefficient (Wildman–Crippen LogP) is 1.05. The first-order valence-electron chi connectivity index (χ1n) is 7.58. The van der Waals surface area contributed by atoms with Crippen LogP contribution < -0.4 is 10.6 Å². The van der Waals surface area contributed by atoms with E-state index in [1.165, 1.54) is 17.7 Å². The van der Waals surface area contributed by atoms with Crippen molar-refractivity contribution in [3.05, 3.63) is 22.4 Å². The van der Waals surface area contributed by atoms with E-state index in [0.717, 1.165) is 24.9 Å². The molecule has 0 unspecified atom stereocenters. The molecule has 3 fully saturated rings. The van der Waals surface area contributed by atoms with Crippen molar-refractivity contribution in [2.24, 2.45) is 11.8 Å². The van der Waals surface area contributed by atoms with E-state index in [2.05, 4.69) is 27.0 Å². The van der Waals surface area contributed by atoms with Gasteiger partial charge in [-0.1, -0.05) is 6.07 Å². The number of carbonyl (C=O) groups excluding carboxylic acids is 1. The van der Waals surface area contributed by atoms with E-state index in [1.807, 2.05) is 6.07 Å². The van der Waals surface area contributed by atoms with Gasteiger partial charge >= 0.3 is 0 Å². The Morgan fingerprint density at radius 3 is 2.75 bits per heavy atom. The standard InChI is InChI=1S/C15H21N3OS/c19-15(17-6-10-2-1-5-20-10)9-18-13-3-4-14(18)12-8-16-7-11(12)13/h1-2,5,11-14,16H,3-4,6-9H2,(H,17,19)/t11-,12+,13-,14+. The van der Waals surface area contributed by atoms with Crippen LogP contribution in [0.4, 0.5) is 0 Å². The minimum Gasteiger partial charge on any atom is -0.350 e. The monoisotopic (exact) mass is 291 g/mol. The number of nitrogens with zero attached hydrogens (tertiary/aromatic N) is 1. The fourth-order valence-corrected chi connectivity index (χ4v) is 5.10. The lowest BCUT2D eigenvalue weighted by molar-refractivity contribution is -0.122. The maximum atomic E-state index is 12.2. The molecule has 0 aromatic carbocycles. The summed E-state index contributed by atoms with van der Waals surface area (Å²) in [6, 6.07) is 5.39. The zero-order valence-corrected chi connectivity index (χ0v) is 12.4. The highest BCUT2D eigenvalue weighted by Gasteiger charge is 2.54. The van der Waals surface area contributed by atoms with E-state index in [9.17, 15) is 4.79 Å². The number of hydrogen-bond acceptors (Lipinski definition) is 4. The van der Waals surface area contributed by atoms with E-state index in [1.54, 1.807) is 11.3 Å². The Balaban J connectivity index is 1.34. The molecule has 0 spiro atoms. The van der Waals surface area contributed by atoms with Gasteiger partial charge in [-0.15, -0.1) is 11.3 Å². The zero-order valence-electron chi connectivity index (χ0n) is 11.5. The van der Waals surface area contributed by atoms with Gasteiger partial charge in [-0.05, 0) is 49.2 Å². The number of fused-ring (bicyclic) bond motifs is 5. The highest BCUT2D eigenvalue weighted by molar-refractivity contribution is 7.09. The van der Waals surface area contributed by atoms with Gasteiger partial charge in [-0.3, -0.25) is 9.69 Å². The summed E-state index contributed by atoms with van der Waals surface area (Å²) in [5, 5.41) is 8.63. The van der Waals surface area contributed by atoms with Crippen molar-refractivity contribution in [1.82, 2.24) is 15.5 Å². The first kappa shape index (κ1) is 12.8. The summed E-state index contributed by atoms with van der Waals surface area (Å²) >= 11 is 1.70. The highest BCUT2D eigenvalue weighted by atomic mass is 32.1. The Morgan fingerprint density at radius 1 is 1.35 bits per heavy atom. The predicted molar refractivity (Wildman–Crippen MR) is 79.5 cm³/mol. The third-order valence-electron chi connectivity index (χ3n) is 5.27. The van der Waals surface area contributed by atoms with E-state index in [0.29, 0.717) is 25.2 Å². The molecule has 1 aromatic heterocycles. The van der Waals surface area contributed by atoms with Crippen LogP contribution in [0.25, 0.3) is 0 Å². The van der Waals surface area contributed by atoms with E-state index < -0.39 is 0 Å². The fraction of sp³-hybridized carbons (Fsp3) is 0.667. The normalized spacial score (nSPS) is 35.4. The molecule has 2 N–H and O–H groups in total. The van der Waals surface area contributed by atoms with Crippen LogP contribution in [0.1, 0.15) is 17.7 Å². The van der Waals surface area contributed by atoms with Gasteiger partial charge in [0.15, 0.2) is 0 Å². The Hall–Kier alpha value is -0.910. The second-order valence-corrected chi connectivity index (χ2v) is 7.26. The lowest BCUT2D eigenvalue weighted by Crippen LogP contribution is -2.42. The molecule has 3 saturated heterocycles. The summed E-state index contributed by atoms with van der Waals surface area (Å²) in [7, 11) is 0. The van der Waals surface area contributed by atoms with Crippen molar-refractivity contribution in [2.45, 2.75) is 31.5 Å². The highest BCUT2D eigenvalue weighted by Crippen LogP contribution is 2.46. The number of thiophene rings is 1. The average molecular weight is 291 g/mol. The summed E-state index contributed by atoms with van der Waals surface area (Å²) < 4.78 is 0. The SMILES string of the molecule is O=C(CN1[C@@H]2CC[C@H]1[C@H]1CNC[C@H]12)NCc1cccs1. The first-order chi connectivity index (χ1) is 9.83. The van der Waals surface area contributed by atoms with Gasteiger partial charge in [0, 0.05) is 17.0 Å². The third kappa shape index (κ3) is 2.08. The van der Waals surface area contributed by atoms with Crippen LogP contribution in [0.15, 0.2) is 17.5 Å². The quantitative estimate of drug-likeness (QED) is 0.871. The average Bonchev–Trinajstić information content (AvgIpc) is 3.19. The van der Waals surface area contributed by atoms with Crippen LogP contribution in [-0.2, 0) is 11.3 Å².